The highest BCUT2D eigenvalue weighted by molar-refractivity contribution is 6.17. The Bertz CT molecular complexity index is 412. The van der Waals surface area contributed by atoms with Crippen LogP contribution in [0.3, 0.4) is 0 Å². The van der Waals surface area contributed by atoms with Crippen LogP contribution in [0.4, 0.5) is 0 Å². The Hall–Kier alpha value is -0.540. The van der Waals surface area contributed by atoms with E-state index < -0.39 is 0 Å². The number of hydrogen-bond acceptors (Lipinski definition) is 2. The molecule has 1 aliphatic heterocycles. The highest BCUT2D eigenvalue weighted by Gasteiger charge is 2.25. The van der Waals surface area contributed by atoms with Gasteiger partial charge in [-0.3, -0.25) is 9.58 Å². The van der Waals surface area contributed by atoms with Gasteiger partial charge in [0, 0.05) is 24.7 Å². The van der Waals surface area contributed by atoms with E-state index in [0.717, 1.165) is 24.9 Å². The molecule has 0 spiro atoms. The van der Waals surface area contributed by atoms with Crippen molar-refractivity contribution in [2.75, 3.05) is 12.4 Å². The van der Waals surface area contributed by atoms with E-state index in [0.29, 0.717) is 6.04 Å². The molecule has 1 aromatic heterocycles. The molecule has 2 fully saturated rings. The lowest BCUT2D eigenvalue weighted by molar-refractivity contribution is 0.230. The summed E-state index contributed by atoms with van der Waals surface area (Å²) in [7, 11) is 0. The molecule has 3 nitrogen and oxygen atoms in total. The Labute approximate surface area is 127 Å². The van der Waals surface area contributed by atoms with Crippen LogP contribution in [0.1, 0.15) is 63.1 Å². The van der Waals surface area contributed by atoms with E-state index in [-0.39, 0.29) is 0 Å². The van der Waals surface area contributed by atoms with Crippen molar-refractivity contribution in [3.8, 4) is 0 Å². The molecule has 1 unspecified atom stereocenters. The van der Waals surface area contributed by atoms with E-state index in [2.05, 4.69) is 21.8 Å². The molecule has 1 atom stereocenters. The van der Waals surface area contributed by atoms with Gasteiger partial charge < -0.3 is 0 Å². The maximum absolute atomic E-state index is 5.83. The van der Waals surface area contributed by atoms with E-state index in [9.17, 15) is 0 Å². The van der Waals surface area contributed by atoms with Gasteiger partial charge in [-0.05, 0) is 51.1 Å². The fourth-order valence-corrected chi connectivity index (χ4v) is 3.94. The summed E-state index contributed by atoms with van der Waals surface area (Å²) in [5, 5.41) is 4.82. The molecule has 0 N–H and O–H groups in total. The second kappa shape index (κ2) is 6.95. The molecule has 3 rings (SSSR count). The van der Waals surface area contributed by atoms with Gasteiger partial charge in [-0.25, -0.2) is 0 Å². The van der Waals surface area contributed by atoms with Gasteiger partial charge in [-0.2, -0.15) is 5.10 Å². The van der Waals surface area contributed by atoms with Crippen LogP contribution in [0.25, 0.3) is 0 Å². The SMILES string of the molecule is ClCCCC1CCCN1Cc1ccn(C2CCCC2)n1. The molecule has 1 saturated carbocycles. The molecule has 0 amide bonds. The lowest BCUT2D eigenvalue weighted by Gasteiger charge is -2.23. The molecule has 20 heavy (non-hydrogen) atoms. The zero-order valence-corrected chi connectivity index (χ0v) is 13.1. The normalized spacial score (nSPS) is 24.8. The highest BCUT2D eigenvalue weighted by Crippen LogP contribution is 2.29. The van der Waals surface area contributed by atoms with Crippen LogP contribution in [0.15, 0.2) is 12.3 Å². The predicted octanol–water partition coefficient (Wildman–Crippen LogP) is 3.98. The van der Waals surface area contributed by atoms with Gasteiger partial charge in [0.25, 0.3) is 0 Å². The molecule has 1 aromatic rings. The Morgan fingerprint density at radius 3 is 2.85 bits per heavy atom. The monoisotopic (exact) mass is 295 g/mol. The molecule has 112 valence electrons. The first-order valence-electron chi connectivity index (χ1n) is 8.21. The summed E-state index contributed by atoms with van der Waals surface area (Å²) in [5.74, 6) is 0.792. The van der Waals surface area contributed by atoms with Crippen molar-refractivity contribution in [2.24, 2.45) is 0 Å². The van der Waals surface area contributed by atoms with Gasteiger partial charge in [0.05, 0.1) is 11.7 Å². The summed E-state index contributed by atoms with van der Waals surface area (Å²) in [5.41, 5.74) is 1.25. The van der Waals surface area contributed by atoms with Gasteiger partial charge >= 0.3 is 0 Å². The van der Waals surface area contributed by atoms with Gasteiger partial charge in [-0.1, -0.05) is 12.8 Å². The maximum atomic E-state index is 5.83. The zero-order valence-electron chi connectivity index (χ0n) is 12.3. The van der Waals surface area contributed by atoms with E-state index in [1.807, 2.05) is 0 Å². The summed E-state index contributed by atoms with van der Waals surface area (Å²) in [6, 6.07) is 3.61. The van der Waals surface area contributed by atoms with Crippen LogP contribution in [0.5, 0.6) is 0 Å². The number of likely N-dealkylation sites (tertiary alicyclic amines) is 1. The lowest BCUT2D eigenvalue weighted by Crippen LogP contribution is -2.29. The first-order valence-corrected chi connectivity index (χ1v) is 8.74. The third-order valence-corrected chi connectivity index (χ3v) is 5.16. The van der Waals surface area contributed by atoms with Crippen molar-refractivity contribution >= 4 is 11.6 Å². The van der Waals surface area contributed by atoms with Gasteiger partial charge in [0.1, 0.15) is 0 Å². The van der Waals surface area contributed by atoms with Crippen LogP contribution in [0, 0.1) is 0 Å². The van der Waals surface area contributed by atoms with E-state index in [1.54, 1.807) is 0 Å². The molecule has 2 heterocycles. The first-order chi connectivity index (χ1) is 9.86. The number of halogens is 1. The number of hydrogen-bond donors (Lipinski definition) is 0. The number of rotatable bonds is 6. The smallest absolute Gasteiger partial charge is 0.0765 e. The second-order valence-electron chi connectivity index (χ2n) is 6.32. The van der Waals surface area contributed by atoms with Crippen molar-refractivity contribution in [1.29, 1.82) is 0 Å². The number of nitrogens with zero attached hydrogens (tertiary/aromatic N) is 3. The Kier molecular flexibility index (Phi) is 5.00. The number of alkyl halides is 1. The molecular formula is C16H26ClN3. The summed E-state index contributed by atoms with van der Waals surface area (Å²) < 4.78 is 2.21. The molecule has 1 saturated heterocycles. The fourth-order valence-electron chi connectivity index (χ4n) is 3.78. The van der Waals surface area contributed by atoms with Crippen molar-refractivity contribution < 1.29 is 0 Å². The van der Waals surface area contributed by atoms with Gasteiger partial charge in [0.2, 0.25) is 0 Å². The van der Waals surface area contributed by atoms with Gasteiger partial charge in [0.15, 0.2) is 0 Å². The molecular weight excluding hydrogens is 270 g/mol. The summed E-state index contributed by atoms with van der Waals surface area (Å²) in [4.78, 5) is 2.61. The second-order valence-corrected chi connectivity index (χ2v) is 6.70. The van der Waals surface area contributed by atoms with Crippen molar-refractivity contribution in [3.63, 3.8) is 0 Å². The molecule has 0 bridgehead atoms. The van der Waals surface area contributed by atoms with E-state index in [4.69, 9.17) is 16.7 Å². The molecule has 1 aliphatic carbocycles. The predicted molar refractivity (Wildman–Crippen MR) is 83.1 cm³/mol. The minimum atomic E-state index is 0.661. The largest absolute Gasteiger partial charge is 0.294 e. The minimum absolute atomic E-state index is 0.661. The first kappa shape index (κ1) is 14.4. The quantitative estimate of drug-likeness (QED) is 0.740. The van der Waals surface area contributed by atoms with Crippen molar-refractivity contribution in [3.05, 3.63) is 18.0 Å². The minimum Gasteiger partial charge on any atom is -0.294 e. The summed E-state index contributed by atoms with van der Waals surface area (Å²) in [6.07, 6.45) is 12.6. The van der Waals surface area contributed by atoms with Crippen LogP contribution >= 0.6 is 11.6 Å². The highest BCUT2D eigenvalue weighted by atomic mass is 35.5. The summed E-state index contributed by atoms with van der Waals surface area (Å²) >= 11 is 5.83. The van der Waals surface area contributed by atoms with Crippen LogP contribution in [-0.4, -0.2) is 33.1 Å². The average molecular weight is 296 g/mol. The third-order valence-electron chi connectivity index (χ3n) is 4.90. The van der Waals surface area contributed by atoms with Crippen molar-refractivity contribution in [2.45, 2.75) is 70.0 Å². The zero-order chi connectivity index (χ0) is 13.8. The Balaban J connectivity index is 1.56. The standard InChI is InChI=1S/C16H26ClN3/c17-10-3-7-15-8-4-11-19(15)13-14-9-12-20(18-14)16-5-1-2-6-16/h9,12,15-16H,1-8,10-11,13H2. The maximum Gasteiger partial charge on any atom is 0.0765 e. The number of aromatic nitrogens is 2. The lowest BCUT2D eigenvalue weighted by atomic mass is 10.1. The van der Waals surface area contributed by atoms with E-state index in [1.165, 1.54) is 57.2 Å². The molecule has 0 radical (unpaired) electrons. The Morgan fingerprint density at radius 2 is 2.05 bits per heavy atom. The fraction of sp³-hybridized carbons (Fsp3) is 0.812. The molecule has 0 aromatic carbocycles. The summed E-state index contributed by atoms with van der Waals surface area (Å²) in [6.45, 7) is 2.25. The van der Waals surface area contributed by atoms with Crippen molar-refractivity contribution in [1.82, 2.24) is 14.7 Å². The molecule has 4 heteroatoms. The third kappa shape index (κ3) is 3.37. The topological polar surface area (TPSA) is 21.1 Å². The van der Waals surface area contributed by atoms with Crippen LogP contribution in [0.2, 0.25) is 0 Å². The van der Waals surface area contributed by atoms with Gasteiger partial charge in [-0.15, -0.1) is 11.6 Å². The average Bonchev–Trinajstić information content (AvgIpc) is 3.18. The molecule has 2 aliphatic rings. The van der Waals surface area contributed by atoms with E-state index >= 15 is 0 Å². The van der Waals surface area contributed by atoms with Crippen LogP contribution < -0.4 is 0 Å². The Morgan fingerprint density at radius 1 is 1.20 bits per heavy atom. The van der Waals surface area contributed by atoms with Crippen LogP contribution in [-0.2, 0) is 6.54 Å².